The lowest BCUT2D eigenvalue weighted by atomic mass is 10.0. The second-order valence-electron chi connectivity index (χ2n) is 7.97. The minimum atomic E-state index is -0.189. The van der Waals surface area contributed by atoms with Gasteiger partial charge in [0.2, 0.25) is 11.8 Å². The Hall–Kier alpha value is -1.85. The highest BCUT2D eigenvalue weighted by molar-refractivity contribution is 5.89. The van der Waals surface area contributed by atoms with Crippen LogP contribution in [0, 0.1) is 5.92 Å². The number of amides is 2. The van der Waals surface area contributed by atoms with Gasteiger partial charge in [-0.25, -0.2) is 4.98 Å². The molecule has 6 heteroatoms. The molecule has 25 heavy (non-hydrogen) atoms. The summed E-state index contributed by atoms with van der Waals surface area (Å²) in [5.41, 5.74) is 0.889. The van der Waals surface area contributed by atoms with Gasteiger partial charge < -0.3 is 14.2 Å². The van der Waals surface area contributed by atoms with Crippen LogP contribution in [-0.2, 0) is 22.6 Å². The lowest BCUT2D eigenvalue weighted by Gasteiger charge is -2.28. The molecule has 2 aliphatic heterocycles. The van der Waals surface area contributed by atoms with Crippen molar-refractivity contribution < 1.29 is 14.0 Å². The van der Waals surface area contributed by atoms with E-state index in [4.69, 9.17) is 4.42 Å². The van der Waals surface area contributed by atoms with Gasteiger partial charge >= 0.3 is 0 Å². The van der Waals surface area contributed by atoms with Gasteiger partial charge in [-0.15, -0.1) is 0 Å². The van der Waals surface area contributed by atoms with Crippen LogP contribution >= 0.6 is 0 Å². The van der Waals surface area contributed by atoms with Gasteiger partial charge in [-0.3, -0.25) is 9.59 Å². The van der Waals surface area contributed by atoms with Crippen LogP contribution in [0.2, 0.25) is 0 Å². The summed E-state index contributed by atoms with van der Waals surface area (Å²) in [6, 6.07) is 0.363. The van der Waals surface area contributed by atoms with Crippen molar-refractivity contribution in [1.29, 1.82) is 0 Å². The molecule has 1 aliphatic carbocycles. The summed E-state index contributed by atoms with van der Waals surface area (Å²) in [4.78, 5) is 33.7. The fraction of sp³-hybridized carbons (Fsp3) is 0.737. The minimum Gasteiger partial charge on any atom is -0.445 e. The molecule has 0 spiro atoms. The molecule has 1 aromatic rings. The highest BCUT2D eigenvalue weighted by atomic mass is 16.4. The number of nitrogens with zero attached hydrogens (tertiary/aromatic N) is 3. The molecule has 4 rings (SSSR count). The van der Waals surface area contributed by atoms with E-state index in [1.165, 1.54) is 12.8 Å². The predicted molar refractivity (Wildman–Crippen MR) is 91.8 cm³/mol. The number of hydrogen-bond acceptors (Lipinski definition) is 4. The van der Waals surface area contributed by atoms with Gasteiger partial charge in [-0.1, -0.05) is 26.7 Å². The maximum atomic E-state index is 12.9. The van der Waals surface area contributed by atoms with Gasteiger partial charge in [0.1, 0.15) is 11.5 Å². The van der Waals surface area contributed by atoms with Crippen molar-refractivity contribution in [1.82, 2.24) is 14.8 Å². The zero-order chi connectivity index (χ0) is 17.6. The maximum Gasteiger partial charge on any atom is 0.228 e. The zero-order valence-corrected chi connectivity index (χ0v) is 15.2. The fourth-order valence-electron chi connectivity index (χ4n) is 4.38. The van der Waals surface area contributed by atoms with Gasteiger partial charge in [0.05, 0.1) is 12.5 Å². The summed E-state index contributed by atoms with van der Waals surface area (Å²) in [6.07, 6.45) is 5.68. The second-order valence-corrected chi connectivity index (χ2v) is 7.97. The van der Waals surface area contributed by atoms with Crippen molar-refractivity contribution in [3.05, 3.63) is 17.3 Å². The molecule has 2 fully saturated rings. The number of oxazole rings is 1. The van der Waals surface area contributed by atoms with Crippen molar-refractivity contribution >= 4 is 11.8 Å². The van der Waals surface area contributed by atoms with E-state index in [2.05, 4.69) is 18.8 Å². The Morgan fingerprint density at radius 1 is 1.28 bits per heavy atom. The first-order valence-corrected chi connectivity index (χ1v) is 9.59. The Morgan fingerprint density at radius 3 is 2.76 bits per heavy atom. The zero-order valence-electron chi connectivity index (χ0n) is 15.2. The standard InChI is InChI=1S/C19H27N3O3/c1-12(2)18-20-15-11-21(8-7-16(15)25-18)19(24)13-9-17(23)22(10-13)14-5-3-4-6-14/h12-14H,3-11H2,1-2H3. The maximum absolute atomic E-state index is 12.9. The number of hydrogen-bond donors (Lipinski definition) is 0. The summed E-state index contributed by atoms with van der Waals surface area (Å²) in [6.45, 7) is 5.89. The monoisotopic (exact) mass is 345 g/mol. The minimum absolute atomic E-state index is 0.105. The number of likely N-dealkylation sites (tertiary alicyclic amines) is 1. The molecular formula is C19H27N3O3. The third kappa shape index (κ3) is 3.07. The number of rotatable bonds is 3. The van der Waals surface area contributed by atoms with E-state index in [1.807, 2.05) is 9.80 Å². The first-order chi connectivity index (χ1) is 12.0. The van der Waals surface area contributed by atoms with Crippen molar-refractivity contribution in [2.24, 2.45) is 5.92 Å². The summed E-state index contributed by atoms with van der Waals surface area (Å²) in [7, 11) is 0. The Balaban J connectivity index is 1.42. The van der Waals surface area contributed by atoms with Crippen molar-refractivity contribution in [3.63, 3.8) is 0 Å². The van der Waals surface area contributed by atoms with Gasteiger partial charge in [0.25, 0.3) is 0 Å². The van der Waals surface area contributed by atoms with Gasteiger partial charge in [-0.05, 0) is 12.8 Å². The van der Waals surface area contributed by atoms with Gasteiger partial charge in [0.15, 0.2) is 5.89 Å². The fourth-order valence-corrected chi connectivity index (χ4v) is 4.38. The molecule has 0 radical (unpaired) electrons. The molecule has 1 atom stereocenters. The second kappa shape index (κ2) is 6.46. The summed E-state index contributed by atoms with van der Waals surface area (Å²) in [5.74, 6) is 2.00. The average Bonchev–Trinajstić information content (AvgIpc) is 3.32. The topological polar surface area (TPSA) is 66.7 Å². The molecule has 2 amide bonds. The van der Waals surface area contributed by atoms with Crippen LogP contribution in [0.5, 0.6) is 0 Å². The largest absolute Gasteiger partial charge is 0.445 e. The highest BCUT2D eigenvalue weighted by Gasteiger charge is 2.41. The molecule has 136 valence electrons. The number of aromatic nitrogens is 1. The van der Waals surface area contributed by atoms with Crippen LogP contribution in [0.1, 0.15) is 69.2 Å². The van der Waals surface area contributed by atoms with E-state index in [9.17, 15) is 9.59 Å². The Labute approximate surface area is 148 Å². The van der Waals surface area contributed by atoms with Crippen LogP contribution in [0.25, 0.3) is 0 Å². The molecule has 0 bridgehead atoms. The summed E-state index contributed by atoms with van der Waals surface area (Å²) >= 11 is 0. The van der Waals surface area contributed by atoms with Crippen molar-refractivity contribution in [2.45, 2.75) is 70.9 Å². The van der Waals surface area contributed by atoms with Crippen LogP contribution in [0.15, 0.2) is 4.42 Å². The molecule has 0 aromatic carbocycles. The first-order valence-electron chi connectivity index (χ1n) is 9.59. The summed E-state index contributed by atoms with van der Waals surface area (Å²) < 4.78 is 5.81. The quantitative estimate of drug-likeness (QED) is 0.844. The summed E-state index contributed by atoms with van der Waals surface area (Å²) in [5, 5.41) is 0. The van der Waals surface area contributed by atoms with Crippen LogP contribution in [0.4, 0.5) is 0 Å². The third-order valence-electron chi connectivity index (χ3n) is 5.82. The molecule has 3 heterocycles. The Morgan fingerprint density at radius 2 is 2.04 bits per heavy atom. The Kier molecular flexibility index (Phi) is 4.29. The van der Waals surface area contributed by atoms with E-state index in [1.54, 1.807) is 0 Å². The lowest BCUT2D eigenvalue weighted by Crippen LogP contribution is -2.41. The highest BCUT2D eigenvalue weighted by Crippen LogP contribution is 2.31. The van der Waals surface area contributed by atoms with E-state index < -0.39 is 0 Å². The number of carbonyl (C=O) groups is 2. The molecular weight excluding hydrogens is 318 g/mol. The molecule has 1 saturated carbocycles. The smallest absolute Gasteiger partial charge is 0.228 e. The van der Waals surface area contributed by atoms with E-state index in [0.717, 1.165) is 30.2 Å². The Bertz CT molecular complexity index is 675. The normalized spacial score (nSPS) is 24.4. The van der Waals surface area contributed by atoms with Crippen LogP contribution in [0.3, 0.4) is 0 Å². The predicted octanol–water partition coefficient (Wildman–Crippen LogP) is 2.47. The molecule has 0 N–H and O–H groups in total. The van der Waals surface area contributed by atoms with Crippen LogP contribution in [-0.4, -0.2) is 45.7 Å². The molecule has 1 unspecified atom stereocenters. The van der Waals surface area contributed by atoms with E-state index >= 15 is 0 Å². The van der Waals surface area contributed by atoms with Gasteiger partial charge in [0, 0.05) is 37.9 Å². The van der Waals surface area contributed by atoms with E-state index in [-0.39, 0.29) is 23.7 Å². The van der Waals surface area contributed by atoms with Crippen molar-refractivity contribution in [2.75, 3.05) is 13.1 Å². The first kappa shape index (κ1) is 16.6. The SMILES string of the molecule is CC(C)c1nc2c(o1)CCN(C(=O)C1CC(=O)N(C3CCCC3)C1)C2. The molecule has 6 nitrogen and oxygen atoms in total. The molecule has 1 aromatic heterocycles. The van der Waals surface area contributed by atoms with Crippen LogP contribution < -0.4 is 0 Å². The third-order valence-corrected chi connectivity index (χ3v) is 5.82. The van der Waals surface area contributed by atoms with Crippen molar-refractivity contribution in [3.8, 4) is 0 Å². The molecule has 3 aliphatic rings. The number of carbonyl (C=O) groups excluding carboxylic acids is 2. The lowest BCUT2D eigenvalue weighted by molar-refractivity contribution is -0.136. The average molecular weight is 345 g/mol. The molecule has 1 saturated heterocycles. The van der Waals surface area contributed by atoms with Gasteiger partial charge in [-0.2, -0.15) is 0 Å². The number of fused-ring (bicyclic) bond motifs is 1. The van der Waals surface area contributed by atoms with E-state index in [0.29, 0.717) is 38.5 Å².